The zero-order valence-corrected chi connectivity index (χ0v) is 15.0. The summed E-state index contributed by atoms with van der Waals surface area (Å²) < 4.78 is 0. The molecule has 0 unspecified atom stereocenters. The van der Waals surface area contributed by atoms with Gasteiger partial charge in [0.15, 0.2) is 5.82 Å². The van der Waals surface area contributed by atoms with Crippen molar-refractivity contribution in [2.75, 3.05) is 43.3 Å². The van der Waals surface area contributed by atoms with Crippen LogP contribution in [0.4, 0.5) is 28.8 Å². The number of carbonyl (C=O) groups is 1. The lowest BCUT2D eigenvalue weighted by atomic mass is 10.1. The number of hydrogen-bond donors (Lipinski definition) is 1. The summed E-state index contributed by atoms with van der Waals surface area (Å²) in [5.74, 6) is 0.0655. The molecule has 2 aromatic rings. The SMILES string of the molecule is CN(C)c1ncc(NC(=O)c2cc([N+](=O)[O-])cc([N+](=O)[O-])c2)c(N(C)C)n1. The van der Waals surface area contributed by atoms with Crippen molar-refractivity contribution in [3.63, 3.8) is 0 Å². The lowest BCUT2D eigenvalue weighted by Gasteiger charge is -2.19. The van der Waals surface area contributed by atoms with Crippen LogP contribution in [0.25, 0.3) is 0 Å². The van der Waals surface area contributed by atoms with Crippen molar-refractivity contribution in [1.82, 2.24) is 9.97 Å². The highest BCUT2D eigenvalue weighted by Crippen LogP contribution is 2.26. The molecule has 0 saturated carbocycles. The molecule has 0 bridgehead atoms. The van der Waals surface area contributed by atoms with Crippen LogP contribution in [0.3, 0.4) is 0 Å². The first kappa shape index (κ1) is 19.5. The zero-order valence-electron chi connectivity index (χ0n) is 15.0. The molecule has 1 amide bonds. The van der Waals surface area contributed by atoms with Crippen molar-refractivity contribution >= 4 is 34.7 Å². The summed E-state index contributed by atoms with van der Waals surface area (Å²) in [6, 6.07) is 2.72. The third kappa shape index (κ3) is 4.42. The summed E-state index contributed by atoms with van der Waals surface area (Å²) in [7, 11) is 6.95. The van der Waals surface area contributed by atoms with Crippen LogP contribution in [-0.2, 0) is 0 Å². The predicted octanol–water partition coefficient (Wildman–Crippen LogP) is 1.68. The van der Waals surface area contributed by atoms with E-state index in [0.29, 0.717) is 11.8 Å². The zero-order chi connectivity index (χ0) is 20.3. The van der Waals surface area contributed by atoms with Gasteiger partial charge < -0.3 is 15.1 Å². The van der Waals surface area contributed by atoms with Crippen LogP contribution in [0.15, 0.2) is 24.4 Å². The quantitative estimate of drug-likeness (QED) is 0.588. The van der Waals surface area contributed by atoms with Crippen molar-refractivity contribution < 1.29 is 14.6 Å². The fraction of sp³-hybridized carbons (Fsp3) is 0.267. The lowest BCUT2D eigenvalue weighted by molar-refractivity contribution is -0.394. The number of carbonyl (C=O) groups excluding carboxylic acids is 1. The molecule has 0 spiro atoms. The Balaban J connectivity index is 2.43. The Hall–Kier alpha value is -3.83. The normalized spacial score (nSPS) is 10.2. The first-order valence-electron chi connectivity index (χ1n) is 7.57. The fourth-order valence-corrected chi connectivity index (χ4v) is 2.14. The number of nitro benzene ring substituents is 2. The topological polar surface area (TPSA) is 148 Å². The molecule has 0 aliphatic rings. The van der Waals surface area contributed by atoms with E-state index in [0.717, 1.165) is 18.2 Å². The van der Waals surface area contributed by atoms with E-state index >= 15 is 0 Å². The predicted molar refractivity (Wildman–Crippen MR) is 98.4 cm³/mol. The molecule has 0 aliphatic carbocycles. The second-order valence-electron chi connectivity index (χ2n) is 5.90. The van der Waals surface area contributed by atoms with Gasteiger partial charge >= 0.3 is 0 Å². The van der Waals surface area contributed by atoms with Crippen LogP contribution in [0.1, 0.15) is 10.4 Å². The molecule has 142 valence electrons. The standard InChI is InChI=1S/C15H17N7O5/c1-19(2)13-12(8-16-15(18-13)20(3)4)17-14(23)9-5-10(21(24)25)7-11(6-9)22(26)27/h5-8H,1-4H3,(H,17,23). The van der Waals surface area contributed by atoms with Gasteiger partial charge in [-0.05, 0) is 0 Å². The smallest absolute Gasteiger partial charge is 0.277 e. The van der Waals surface area contributed by atoms with Gasteiger partial charge in [-0.2, -0.15) is 4.98 Å². The molecule has 12 heteroatoms. The number of nitro groups is 2. The largest absolute Gasteiger partial charge is 0.361 e. The minimum Gasteiger partial charge on any atom is -0.361 e. The number of nitrogens with zero attached hydrogens (tertiary/aromatic N) is 6. The van der Waals surface area contributed by atoms with Gasteiger partial charge in [-0.1, -0.05) is 0 Å². The molecule has 0 saturated heterocycles. The Kier molecular flexibility index (Phi) is 5.48. The number of anilines is 3. The number of rotatable bonds is 6. The van der Waals surface area contributed by atoms with Gasteiger partial charge in [-0.25, -0.2) is 4.98 Å². The van der Waals surface area contributed by atoms with Crippen LogP contribution in [0.5, 0.6) is 0 Å². The van der Waals surface area contributed by atoms with Gasteiger partial charge in [0.2, 0.25) is 5.95 Å². The highest BCUT2D eigenvalue weighted by atomic mass is 16.6. The molecule has 1 heterocycles. The molecule has 2 rings (SSSR count). The molecule has 27 heavy (non-hydrogen) atoms. The summed E-state index contributed by atoms with van der Waals surface area (Å²) in [5.41, 5.74) is -1.08. The summed E-state index contributed by atoms with van der Waals surface area (Å²) >= 11 is 0. The second-order valence-corrected chi connectivity index (χ2v) is 5.90. The fourth-order valence-electron chi connectivity index (χ4n) is 2.14. The summed E-state index contributed by atoms with van der Waals surface area (Å²) in [6.07, 6.45) is 1.39. The Labute approximate surface area is 153 Å². The second kappa shape index (κ2) is 7.59. The van der Waals surface area contributed by atoms with Crippen molar-refractivity contribution in [3.8, 4) is 0 Å². The number of hydrogen-bond acceptors (Lipinski definition) is 9. The van der Waals surface area contributed by atoms with Crippen molar-refractivity contribution in [2.45, 2.75) is 0 Å². The molecule has 0 fully saturated rings. The molecule has 12 nitrogen and oxygen atoms in total. The molecule has 1 aromatic heterocycles. The van der Waals surface area contributed by atoms with E-state index in [1.54, 1.807) is 38.0 Å². The van der Waals surface area contributed by atoms with Crippen molar-refractivity contribution in [2.24, 2.45) is 0 Å². The monoisotopic (exact) mass is 375 g/mol. The van der Waals surface area contributed by atoms with Gasteiger partial charge in [-0.3, -0.25) is 25.0 Å². The lowest BCUT2D eigenvalue weighted by Crippen LogP contribution is -2.21. The van der Waals surface area contributed by atoms with Crippen LogP contribution >= 0.6 is 0 Å². The molecule has 0 atom stereocenters. The Morgan fingerprint density at radius 2 is 1.56 bits per heavy atom. The molecule has 1 aromatic carbocycles. The molecule has 0 radical (unpaired) electrons. The highest BCUT2D eigenvalue weighted by Gasteiger charge is 2.21. The van der Waals surface area contributed by atoms with Crippen LogP contribution in [-0.4, -0.2) is 53.9 Å². The minimum absolute atomic E-state index is 0.225. The first-order chi connectivity index (χ1) is 12.6. The van der Waals surface area contributed by atoms with Gasteiger partial charge in [-0.15, -0.1) is 0 Å². The summed E-state index contributed by atoms with van der Waals surface area (Å²) in [5, 5.41) is 24.5. The average Bonchev–Trinajstić information content (AvgIpc) is 2.60. The summed E-state index contributed by atoms with van der Waals surface area (Å²) in [4.78, 5) is 44.6. The third-order valence-electron chi connectivity index (χ3n) is 3.41. The van der Waals surface area contributed by atoms with Crippen molar-refractivity contribution in [1.29, 1.82) is 0 Å². The van der Waals surface area contributed by atoms with Crippen molar-refractivity contribution in [3.05, 3.63) is 50.2 Å². The average molecular weight is 375 g/mol. The maximum absolute atomic E-state index is 12.5. The van der Waals surface area contributed by atoms with Crippen LogP contribution in [0, 0.1) is 20.2 Å². The Bertz CT molecular complexity index is 881. The van der Waals surface area contributed by atoms with E-state index in [-0.39, 0.29) is 11.3 Å². The van der Waals surface area contributed by atoms with E-state index in [9.17, 15) is 25.0 Å². The number of benzene rings is 1. The van der Waals surface area contributed by atoms with E-state index in [1.165, 1.54) is 6.20 Å². The molecule has 1 N–H and O–H groups in total. The number of non-ortho nitro benzene ring substituents is 2. The van der Waals surface area contributed by atoms with E-state index < -0.39 is 27.1 Å². The first-order valence-corrected chi connectivity index (χ1v) is 7.57. The van der Waals surface area contributed by atoms with Crippen LogP contribution in [0.2, 0.25) is 0 Å². The third-order valence-corrected chi connectivity index (χ3v) is 3.41. The number of nitrogens with one attached hydrogen (secondary N) is 1. The molecule has 0 aliphatic heterocycles. The van der Waals surface area contributed by atoms with E-state index in [4.69, 9.17) is 0 Å². The highest BCUT2D eigenvalue weighted by molar-refractivity contribution is 6.06. The Morgan fingerprint density at radius 1 is 1.00 bits per heavy atom. The number of aromatic nitrogens is 2. The van der Waals surface area contributed by atoms with E-state index in [1.807, 2.05) is 0 Å². The Morgan fingerprint density at radius 3 is 2.00 bits per heavy atom. The maximum atomic E-state index is 12.5. The number of amides is 1. The van der Waals surface area contributed by atoms with E-state index in [2.05, 4.69) is 15.3 Å². The van der Waals surface area contributed by atoms with Crippen LogP contribution < -0.4 is 15.1 Å². The maximum Gasteiger partial charge on any atom is 0.277 e. The van der Waals surface area contributed by atoms with Gasteiger partial charge in [0.1, 0.15) is 5.69 Å². The minimum atomic E-state index is -0.802. The molecular formula is C15H17N7O5. The summed E-state index contributed by atoms with van der Waals surface area (Å²) in [6.45, 7) is 0. The van der Waals surface area contributed by atoms with Gasteiger partial charge in [0.25, 0.3) is 17.3 Å². The van der Waals surface area contributed by atoms with Gasteiger partial charge in [0, 0.05) is 40.3 Å². The molecular weight excluding hydrogens is 358 g/mol. The van der Waals surface area contributed by atoms with Gasteiger partial charge in [0.05, 0.1) is 27.7 Å².